The molecule has 0 saturated heterocycles. The fraction of sp³-hybridized carbons (Fsp3) is 0.0690. The van der Waals surface area contributed by atoms with Gasteiger partial charge in [-0.05, 0) is 90.0 Å². The fourth-order valence-electron chi connectivity index (χ4n) is 3.36. The SMILES string of the molecule is CC(Sc1ccc(NC(=O)/C(=C/c2ccsc2)NC(=O)c2ccccc2)cc1)C(=O)Nc1ccc(Br)cc1F. The van der Waals surface area contributed by atoms with E-state index < -0.39 is 22.9 Å². The second-order valence-corrected chi connectivity index (χ2v) is 11.4. The van der Waals surface area contributed by atoms with Crippen molar-refractivity contribution >= 4 is 74.2 Å². The van der Waals surface area contributed by atoms with E-state index in [9.17, 15) is 18.8 Å². The molecule has 1 atom stereocenters. The molecule has 4 aromatic rings. The molecule has 39 heavy (non-hydrogen) atoms. The molecular weight excluding hydrogens is 601 g/mol. The van der Waals surface area contributed by atoms with E-state index in [1.807, 2.05) is 22.9 Å². The molecule has 0 radical (unpaired) electrons. The van der Waals surface area contributed by atoms with E-state index in [0.717, 1.165) is 10.5 Å². The number of carbonyl (C=O) groups excluding carboxylic acids is 3. The highest BCUT2D eigenvalue weighted by Gasteiger charge is 2.18. The number of benzene rings is 3. The van der Waals surface area contributed by atoms with Crippen LogP contribution in [0.4, 0.5) is 15.8 Å². The summed E-state index contributed by atoms with van der Waals surface area (Å²) in [6.07, 6.45) is 1.62. The van der Waals surface area contributed by atoms with Crippen molar-refractivity contribution in [2.24, 2.45) is 0 Å². The molecule has 0 aliphatic heterocycles. The minimum absolute atomic E-state index is 0.103. The lowest BCUT2D eigenvalue weighted by Crippen LogP contribution is -2.30. The molecule has 1 aromatic heterocycles. The van der Waals surface area contributed by atoms with Gasteiger partial charge in [0.2, 0.25) is 5.91 Å². The zero-order chi connectivity index (χ0) is 27.8. The molecule has 1 unspecified atom stereocenters. The predicted octanol–water partition coefficient (Wildman–Crippen LogP) is 7.18. The molecule has 1 heterocycles. The van der Waals surface area contributed by atoms with Gasteiger partial charge >= 0.3 is 0 Å². The van der Waals surface area contributed by atoms with Crippen LogP contribution >= 0.6 is 39.0 Å². The standard InChI is InChI=1S/C29H23BrFN3O3S2/c1-18(27(35)33-25-12-7-21(30)16-24(25)31)39-23-10-8-22(9-11-23)32-29(37)26(15-19-13-14-38-17-19)34-28(36)20-5-3-2-4-6-20/h2-18H,1H3,(H,32,37)(H,33,35)(H,34,36)/b26-15-. The Morgan fingerprint density at radius 3 is 2.38 bits per heavy atom. The van der Waals surface area contributed by atoms with Crippen LogP contribution < -0.4 is 16.0 Å². The first-order valence-electron chi connectivity index (χ1n) is 11.7. The summed E-state index contributed by atoms with van der Waals surface area (Å²) in [6.45, 7) is 1.73. The van der Waals surface area contributed by atoms with Gasteiger partial charge in [-0.3, -0.25) is 14.4 Å². The van der Waals surface area contributed by atoms with Crippen molar-refractivity contribution in [3.05, 3.63) is 117 Å². The van der Waals surface area contributed by atoms with Gasteiger partial charge in [-0.1, -0.05) is 34.1 Å². The third-order valence-electron chi connectivity index (χ3n) is 5.37. The maximum absolute atomic E-state index is 14.1. The highest BCUT2D eigenvalue weighted by atomic mass is 79.9. The minimum atomic E-state index is -0.526. The van der Waals surface area contributed by atoms with Crippen molar-refractivity contribution in [3.8, 4) is 0 Å². The smallest absolute Gasteiger partial charge is 0.272 e. The summed E-state index contributed by atoms with van der Waals surface area (Å²) in [5.74, 6) is -1.73. The number of nitrogens with one attached hydrogen (secondary N) is 3. The van der Waals surface area contributed by atoms with Gasteiger partial charge in [0.05, 0.1) is 10.9 Å². The lowest BCUT2D eigenvalue weighted by Gasteiger charge is -2.14. The Labute approximate surface area is 241 Å². The highest BCUT2D eigenvalue weighted by molar-refractivity contribution is 9.10. The quantitative estimate of drug-likeness (QED) is 0.136. The summed E-state index contributed by atoms with van der Waals surface area (Å²) in [7, 11) is 0. The van der Waals surface area contributed by atoms with Gasteiger partial charge in [0.15, 0.2) is 0 Å². The summed E-state index contributed by atoms with van der Waals surface area (Å²) in [6, 6.07) is 21.9. The van der Waals surface area contributed by atoms with Gasteiger partial charge in [0.25, 0.3) is 11.8 Å². The van der Waals surface area contributed by atoms with Crippen LogP contribution in [0.3, 0.4) is 0 Å². The number of hydrogen-bond donors (Lipinski definition) is 3. The monoisotopic (exact) mass is 623 g/mol. The normalized spacial score (nSPS) is 11.9. The van der Waals surface area contributed by atoms with Crippen LogP contribution in [0.5, 0.6) is 0 Å². The molecule has 0 fully saturated rings. The first-order chi connectivity index (χ1) is 18.8. The average molecular weight is 625 g/mol. The van der Waals surface area contributed by atoms with Crippen LogP contribution in [0, 0.1) is 5.82 Å². The Morgan fingerprint density at radius 2 is 1.72 bits per heavy atom. The Kier molecular flexibility index (Phi) is 9.69. The molecule has 3 N–H and O–H groups in total. The Morgan fingerprint density at radius 1 is 0.974 bits per heavy atom. The van der Waals surface area contributed by atoms with E-state index in [1.54, 1.807) is 67.6 Å². The fourth-order valence-corrected chi connectivity index (χ4v) is 5.18. The van der Waals surface area contributed by atoms with Crippen LogP contribution in [0.15, 0.2) is 105 Å². The van der Waals surface area contributed by atoms with E-state index in [4.69, 9.17) is 0 Å². The maximum atomic E-state index is 14.1. The average Bonchev–Trinajstić information content (AvgIpc) is 3.44. The van der Waals surface area contributed by atoms with Gasteiger partial charge < -0.3 is 16.0 Å². The van der Waals surface area contributed by atoms with E-state index in [2.05, 4.69) is 31.9 Å². The number of rotatable bonds is 9. The molecule has 3 amide bonds. The molecule has 0 bridgehead atoms. The number of thioether (sulfide) groups is 1. The molecule has 198 valence electrons. The van der Waals surface area contributed by atoms with Gasteiger partial charge in [-0.25, -0.2) is 4.39 Å². The van der Waals surface area contributed by atoms with Crippen LogP contribution in [0.1, 0.15) is 22.8 Å². The summed E-state index contributed by atoms with van der Waals surface area (Å²) in [4.78, 5) is 39.1. The second kappa shape index (κ2) is 13.4. The largest absolute Gasteiger partial charge is 0.323 e. The first kappa shape index (κ1) is 28.3. The molecular formula is C29H23BrFN3O3S2. The number of anilines is 2. The molecule has 0 spiro atoms. The highest BCUT2D eigenvalue weighted by Crippen LogP contribution is 2.27. The van der Waals surface area contributed by atoms with Crippen LogP contribution in [-0.4, -0.2) is 23.0 Å². The molecule has 10 heteroatoms. The number of amides is 3. The number of thiophene rings is 1. The predicted molar refractivity (Wildman–Crippen MR) is 159 cm³/mol. The van der Waals surface area contributed by atoms with E-state index in [1.165, 1.54) is 35.2 Å². The van der Waals surface area contributed by atoms with E-state index in [0.29, 0.717) is 15.7 Å². The molecule has 6 nitrogen and oxygen atoms in total. The maximum Gasteiger partial charge on any atom is 0.272 e. The van der Waals surface area contributed by atoms with Gasteiger partial charge in [-0.2, -0.15) is 11.3 Å². The van der Waals surface area contributed by atoms with Gasteiger partial charge in [0, 0.05) is 20.6 Å². The summed E-state index contributed by atoms with van der Waals surface area (Å²) in [5, 5.41) is 11.4. The number of halogens is 2. The summed E-state index contributed by atoms with van der Waals surface area (Å²) in [5.41, 5.74) is 1.96. The molecule has 4 rings (SSSR count). The minimum Gasteiger partial charge on any atom is -0.323 e. The topological polar surface area (TPSA) is 87.3 Å². The Balaban J connectivity index is 1.39. The van der Waals surface area contributed by atoms with E-state index in [-0.39, 0.29) is 17.3 Å². The van der Waals surface area contributed by atoms with Crippen LogP contribution in [0.25, 0.3) is 6.08 Å². The molecule has 0 aliphatic rings. The first-order valence-corrected chi connectivity index (χ1v) is 14.3. The number of hydrogen-bond acceptors (Lipinski definition) is 5. The Hall–Kier alpha value is -3.73. The van der Waals surface area contributed by atoms with Gasteiger partial charge in [-0.15, -0.1) is 11.8 Å². The molecule has 0 aliphatic carbocycles. The van der Waals surface area contributed by atoms with Crippen molar-refractivity contribution in [2.75, 3.05) is 10.6 Å². The van der Waals surface area contributed by atoms with Crippen LogP contribution in [0.2, 0.25) is 0 Å². The third-order valence-corrected chi connectivity index (χ3v) is 7.67. The van der Waals surface area contributed by atoms with Crippen molar-refractivity contribution in [2.45, 2.75) is 17.1 Å². The van der Waals surface area contributed by atoms with Gasteiger partial charge in [0.1, 0.15) is 11.5 Å². The second-order valence-electron chi connectivity index (χ2n) is 8.29. The van der Waals surface area contributed by atoms with Crippen molar-refractivity contribution in [1.82, 2.24) is 5.32 Å². The summed E-state index contributed by atoms with van der Waals surface area (Å²) >= 11 is 5.97. The van der Waals surface area contributed by atoms with Crippen molar-refractivity contribution < 1.29 is 18.8 Å². The third kappa shape index (κ3) is 8.13. The number of carbonyl (C=O) groups is 3. The van der Waals surface area contributed by atoms with Crippen molar-refractivity contribution in [3.63, 3.8) is 0 Å². The molecule has 0 saturated carbocycles. The van der Waals surface area contributed by atoms with Crippen LogP contribution in [-0.2, 0) is 9.59 Å². The van der Waals surface area contributed by atoms with Crippen molar-refractivity contribution in [1.29, 1.82) is 0 Å². The van der Waals surface area contributed by atoms with E-state index >= 15 is 0 Å². The Bertz CT molecular complexity index is 1490. The molecule has 3 aromatic carbocycles. The lowest BCUT2D eigenvalue weighted by atomic mass is 10.2. The zero-order valence-electron chi connectivity index (χ0n) is 20.6. The summed E-state index contributed by atoms with van der Waals surface area (Å²) < 4.78 is 14.6. The lowest BCUT2D eigenvalue weighted by molar-refractivity contribution is -0.115. The zero-order valence-corrected chi connectivity index (χ0v) is 23.8.